The van der Waals surface area contributed by atoms with Crippen molar-refractivity contribution in [2.75, 3.05) is 12.4 Å². The Kier molecular flexibility index (Phi) is 4.11. The molecule has 9 nitrogen and oxygen atoms in total. The number of nitrogens with zero attached hydrogens (tertiary/aromatic N) is 6. The third-order valence-corrected chi connectivity index (χ3v) is 3.95. The number of imidazole rings is 1. The number of rotatable bonds is 5. The van der Waals surface area contributed by atoms with Crippen molar-refractivity contribution in [2.45, 2.75) is 13.0 Å². The second kappa shape index (κ2) is 6.59. The average molecular weight is 372 g/mol. The lowest BCUT2D eigenvalue weighted by Crippen LogP contribution is -2.11. The number of nitrogens with one attached hydrogen (secondary N) is 2. The van der Waals surface area contributed by atoms with Crippen LogP contribution in [0.3, 0.4) is 0 Å². The largest absolute Gasteiger partial charge is 0.481 e. The van der Waals surface area contributed by atoms with Crippen molar-refractivity contribution >= 4 is 22.8 Å². The summed E-state index contributed by atoms with van der Waals surface area (Å²) in [5.74, 6) is 0.0200. The molecule has 0 spiro atoms. The molecule has 0 saturated heterocycles. The van der Waals surface area contributed by atoms with Gasteiger partial charge in [-0.2, -0.15) is 5.10 Å². The topological polar surface area (TPSA) is 106 Å². The van der Waals surface area contributed by atoms with Crippen LogP contribution in [0, 0.1) is 11.6 Å². The first kappa shape index (κ1) is 16.8. The second-order valence-corrected chi connectivity index (χ2v) is 5.70. The minimum atomic E-state index is -0.583. The fourth-order valence-corrected chi connectivity index (χ4v) is 2.56. The summed E-state index contributed by atoms with van der Waals surface area (Å²) in [5, 5.41) is 9.38. The van der Waals surface area contributed by atoms with E-state index < -0.39 is 11.6 Å². The smallest absolute Gasteiger partial charge is 0.210 e. The van der Waals surface area contributed by atoms with Crippen molar-refractivity contribution in [1.29, 1.82) is 0 Å². The molecule has 138 valence electrons. The van der Waals surface area contributed by atoms with E-state index in [4.69, 9.17) is 4.74 Å². The molecule has 4 rings (SSSR count). The first-order valence-electron chi connectivity index (χ1n) is 7.92. The zero-order chi connectivity index (χ0) is 19.0. The number of methoxy groups -OCH3 is 1. The molecule has 0 saturated carbocycles. The summed E-state index contributed by atoms with van der Waals surface area (Å²) in [6, 6.07) is 2.45. The highest BCUT2D eigenvalue weighted by Gasteiger charge is 2.18. The van der Waals surface area contributed by atoms with Gasteiger partial charge in [-0.3, -0.25) is 0 Å². The number of fused-ring (bicyclic) bond motifs is 1. The third kappa shape index (κ3) is 3.14. The monoisotopic (exact) mass is 372 g/mol. The van der Waals surface area contributed by atoms with Gasteiger partial charge < -0.3 is 14.6 Å². The highest BCUT2D eigenvalue weighted by Crippen LogP contribution is 2.25. The van der Waals surface area contributed by atoms with Crippen molar-refractivity contribution in [3.63, 3.8) is 0 Å². The van der Waals surface area contributed by atoms with Gasteiger partial charge in [0.05, 0.1) is 31.9 Å². The normalized spacial score (nSPS) is 12.3. The van der Waals surface area contributed by atoms with Gasteiger partial charge in [0, 0.05) is 12.1 Å². The number of aromatic amines is 1. The number of anilines is 2. The molecule has 4 aromatic rings. The Morgan fingerprint density at radius 1 is 1.19 bits per heavy atom. The maximum Gasteiger partial charge on any atom is 0.210 e. The van der Waals surface area contributed by atoms with E-state index in [1.165, 1.54) is 19.5 Å². The number of ether oxygens (including phenoxy) is 1. The van der Waals surface area contributed by atoms with E-state index in [0.29, 0.717) is 28.7 Å². The third-order valence-electron chi connectivity index (χ3n) is 3.95. The highest BCUT2D eigenvalue weighted by atomic mass is 19.1. The zero-order valence-electron chi connectivity index (χ0n) is 14.3. The van der Waals surface area contributed by atoms with Gasteiger partial charge in [-0.15, -0.1) is 0 Å². The van der Waals surface area contributed by atoms with E-state index in [-0.39, 0.29) is 11.9 Å². The minimum Gasteiger partial charge on any atom is -0.481 e. The van der Waals surface area contributed by atoms with Crippen molar-refractivity contribution in [2.24, 2.45) is 0 Å². The number of hydrogen-bond donors (Lipinski definition) is 2. The van der Waals surface area contributed by atoms with Gasteiger partial charge in [-0.05, 0) is 6.92 Å². The summed E-state index contributed by atoms with van der Waals surface area (Å²) in [6.07, 6.45) is 3.68. The molecule has 0 bridgehead atoms. The first-order valence-corrected chi connectivity index (χ1v) is 7.92. The molecule has 2 N–H and O–H groups in total. The van der Waals surface area contributed by atoms with Gasteiger partial charge in [0.15, 0.2) is 34.7 Å². The molecule has 0 amide bonds. The lowest BCUT2D eigenvalue weighted by atomic mass is 10.3. The standard InChI is InChI=1S/C16H14F2N8O/c1-8(14-19-5-9(17)6-20-14)26-7-21-11-3-10(18)15(23-16(11)26)22-12-4-13(27-2)25-24-12/h3-8H,1-2H3,(H2,22,23,24,25)/t8-/m0/s1. The van der Waals surface area contributed by atoms with Gasteiger partial charge >= 0.3 is 0 Å². The Morgan fingerprint density at radius 2 is 1.96 bits per heavy atom. The van der Waals surface area contributed by atoms with Crippen LogP contribution in [0.4, 0.5) is 20.4 Å². The summed E-state index contributed by atoms with van der Waals surface area (Å²) in [4.78, 5) is 16.5. The molecule has 4 heterocycles. The molecule has 1 atom stereocenters. The van der Waals surface area contributed by atoms with Crippen molar-refractivity contribution < 1.29 is 13.5 Å². The summed E-state index contributed by atoms with van der Waals surface area (Å²) >= 11 is 0. The van der Waals surface area contributed by atoms with E-state index in [1.54, 1.807) is 10.6 Å². The molecular formula is C16H14F2N8O. The molecule has 0 unspecified atom stereocenters. The summed E-state index contributed by atoms with van der Waals surface area (Å²) in [7, 11) is 1.49. The van der Waals surface area contributed by atoms with Crippen LogP contribution in [0.2, 0.25) is 0 Å². The quantitative estimate of drug-likeness (QED) is 0.554. The van der Waals surface area contributed by atoms with Crippen LogP contribution in [0.1, 0.15) is 18.8 Å². The summed E-state index contributed by atoms with van der Waals surface area (Å²) in [5.41, 5.74) is 0.786. The van der Waals surface area contributed by atoms with Crippen LogP contribution in [0.25, 0.3) is 11.2 Å². The van der Waals surface area contributed by atoms with Crippen molar-refractivity contribution in [3.05, 3.63) is 48.3 Å². The second-order valence-electron chi connectivity index (χ2n) is 5.70. The van der Waals surface area contributed by atoms with Gasteiger partial charge in [-0.1, -0.05) is 0 Å². The summed E-state index contributed by atoms with van der Waals surface area (Å²) in [6.45, 7) is 1.81. The summed E-state index contributed by atoms with van der Waals surface area (Å²) < 4.78 is 34.1. The molecule has 0 aliphatic rings. The van der Waals surface area contributed by atoms with Crippen LogP contribution in [0.15, 0.2) is 30.9 Å². The minimum absolute atomic E-state index is 0.0226. The molecule has 0 aliphatic heterocycles. The van der Waals surface area contributed by atoms with E-state index in [0.717, 1.165) is 12.4 Å². The lowest BCUT2D eigenvalue weighted by Gasteiger charge is -2.13. The molecule has 4 aromatic heterocycles. The molecular weight excluding hydrogens is 358 g/mol. The molecule has 0 radical (unpaired) electrons. The van der Waals surface area contributed by atoms with Gasteiger partial charge in [0.2, 0.25) is 5.88 Å². The Hall–Kier alpha value is -3.63. The van der Waals surface area contributed by atoms with Crippen LogP contribution in [-0.4, -0.2) is 41.8 Å². The SMILES string of the molecule is COc1cc(Nc2nc3c(cc2F)ncn3[C@@H](C)c2ncc(F)cn2)n[nH]1. The first-order chi connectivity index (χ1) is 13.0. The Morgan fingerprint density at radius 3 is 2.67 bits per heavy atom. The number of hydrogen-bond acceptors (Lipinski definition) is 7. The number of halogens is 2. The van der Waals surface area contributed by atoms with E-state index in [9.17, 15) is 8.78 Å². The Balaban J connectivity index is 1.71. The predicted molar refractivity (Wildman–Crippen MR) is 91.7 cm³/mol. The fourth-order valence-electron chi connectivity index (χ4n) is 2.56. The van der Waals surface area contributed by atoms with Crippen LogP contribution >= 0.6 is 0 Å². The van der Waals surface area contributed by atoms with E-state index in [1.807, 2.05) is 6.92 Å². The fraction of sp³-hybridized carbons (Fsp3) is 0.188. The molecule has 0 fully saturated rings. The van der Waals surface area contributed by atoms with E-state index in [2.05, 4.69) is 35.5 Å². The Labute approximate surface area is 151 Å². The molecule has 11 heteroatoms. The van der Waals surface area contributed by atoms with Gasteiger partial charge in [-0.25, -0.2) is 33.8 Å². The van der Waals surface area contributed by atoms with Gasteiger partial charge in [0.25, 0.3) is 0 Å². The van der Waals surface area contributed by atoms with Crippen molar-refractivity contribution in [1.82, 2.24) is 34.7 Å². The highest BCUT2D eigenvalue weighted by molar-refractivity contribution is 5.74. The van der Waals surface area contributed by atoms with Crippen LogP contribution in [0.5, 0.6) is 5.88 Å². The molecule has 0 aromatic carbocycles. The zero-order valence-corrected chi connectivity index (χ0v) is 14.3. The molecule has 27 heavy (non-hydrogen) atoms. The number of aromatic nitrogens is 7. The van der Waals surface area contributed by atoms with Crippen LogP contribution < -0.4 is 10.1 Å². The van der Waals surface area contributed by atoms with E-state index >= 15 is 0 Å². The number of H-pyrrole nitrogens is 1. The van der Waals surface area contributed by atoms with Crippen molar-refractivity contribution in [3.8, 4) is 5.88 Å². The lowest BCUT2D eigenvalue weighted by molar-refractivity contribution is 0.397. The van der Waals surface area contributed by atoms with Gasteiger partial charge in [0.1, 0.15) is 5.52 Å². The van der Waals surface area contributed by atoms with Crippen LogP contribution in [-0.2, 0) is 0 Å². The Bertz CT molecular complexity index is 1090. The molecule has 0 aliphatic carbocycles. The predicted octanol–water partition coefficient (Wildman–Crippen LogP) is 2.58. The average Bonchev–Trinajstić information content (AvgIpc) is 3.29. The number of pyridine rings is 1. The maximum absolute atomic E-state index is 14.4. The maximum atomic E-state index is 14.4.